The van der Waals surface area contributed by atoms with Crippen LogP contribution in [0.3, 0.4) is 0 Å². The number of carbonyl (C=O) groups is 1. The summed E-state index contributed by atoms with van der Waals surface area (Å²) in [6.45, 7) is 0.393. The lowest BCUT2D eigenvalue weighted by molar-refractivity contribution is 0.0989. The van der Waals surface area contributed by atoms with Crippen LogP contribution < -0.4 is 4.90 Å². The van der Waals surface area contributed by atoms with Crippen LogP contribution in [0.25, 0.3) is 0 Å². The average molecular weight is 438 g/mol. The molecule has 0 aromatic heterocycles. The van der Waals surface area contributed by atoms with Gasteiger partial charge in [0.05, 0.1) is 9.79 Å². The molecule has 0 spiro atoms. The van der Waals surface area contributed by atoms with Crippen LogP contribution in [0.1, 0.15) is 15.9 Å². The van der Waals surface area contributed by atoms with Crippen LogP contribution in [-0.4, -0.2) is 66.1 Å². The normalized spacial score (nSPS) is 14.5. The molecule has 0 saturated heterocycles. The van der Waals surface area contributed by atoms with E-state index in [0.717, 1.165) is 14.2 Å². The van der Waals surface area contributed by atoms with E-state index < -0.39 is 20.0 Å². The van der Waals surface area contributed by atoms with Crippen LogP contribution in [-0.2, 0) is 26.5 Å². The highest BCUT2D eigenvalue weighted by Crippen LogP contribution is 2.32. The van der Waals surface area contributed by atoms with Crippen molar-refractivity contribution in [3.05, 3.63) is 53.6 Å². The second-order valence-electron chi connectivity index (χ2n) is 7.10. The van der Waals surface area contributed by atoms with Gasteiger partial charge in [-0.25, -0.2) is 25.4 Å². The van der Waals surface area contributed by atoms with Crippen LogP contribution in [0, 0.1) is 0 Å². The Morgan fingerprint density at radius 2 is 1.45 bits per heavy atom. The zero-order valence-electron chi connectivity index (χ0n) is 16.7. The third-order valence-electron chi connectivity index (χ3n) is 4.83. The number of hydrogen-bond acceptors (Lipinski definition) is 5. The Bertz CT molecular complexity index is 1170. The predicted octanol–water partition coefficient (Wildman–Crippen LogP) is 1.39. The number of sulfonamides is 2. The standard InChI is InChI=1S/C19H23N3O5S2/c1-20(2)28(24,25)16-7-5-6-15(13-16)19(23)22-11-10-14-12-17(8-9-18(14)22)29(26,27)21(3)4/h5-9,12-13H,10-11H2,1-4H3. The second-order valence-corrected chi connectivity index (χ2v) is 11.4. The summed E-state index contributed by atoms with van der Waals surface area (Å²) < 4.78 is 51.6. The first-order chi connectivity index (χ1) is 13.5. The van der Waals surface area contributed by atoms with E-state index >= 15 is 0 Å². The van der Waals surface area contributed by atoms with E-state index in [1.54, 1.807) is 23.1 Å². The number of benzene rings is 2. The van der Waals surface area contributed by atoms with Crippen LogP contribution in [0.4, 0.5) is 5.69 Å². The summed E-state index contributed by atoms with van der Waals surface area (Å²) in [5, 5.41) is 0. The number of carbonyl (C=O) groups excluding carboxylic acids is 1. The summed E-state index contributed by atoms with van der Waals surface area (Å²) >= 11 is 0. The van der Waals surface area contributed by atoms with Crippen LogP contribution in [0.15, 0.2) is 52.3 Å². The van der Waals surface area contributed by atoms with Crippen LogP contribution in [0.2, 0.25) is 0 Å². The van der Waals surface area contributed by atoms with E-state index in [4.69, 9.17) is 0 Å². The van der Waals surface area contributed by atoms with Gasteiger partial charge in [-0.2, -0.15) is 0 Å². The van der Waals surface area contributed by atoms with Crippen molar-refractivity contribution < 1.29 is 21.6 Å². The number of hydrogen-bond donors (Lipinski definition) is 0. The van der Waals surface area contributed by atoms with Crippen molar-refractivity contribution in [2.75, 3.05) is 39.6 Å². The zero-order chi connectivity index (χ0) is 21.6. The molecular formula is C19H23N3O5S2. The van der Waals surface area contributed by atoms with Gasteiger partial charge in [-0.1, -0.05) is 6.07 Å². The highest BCUT2D eigenvalue weighted by molar-refractivity contribution is 7.89. The van der Waals surface area contributed by atoms with Gasteiger partial charge >= 0.3 is 0 Å². The summed E-state index contributed by atoms with van der Waals surface area (Å²) in [6, 6.07) is 10.6. The van der Waals surface area contributed by atoms with Gasteiger partial charge in [0, 0.05) is 46.0 Å². The third-order valence-corrected chi connectivity index (χ3v) is 8.45. The molecule has 1 aliphatic heterocycles. The Kier molecular flexibility index (Phi) is 5.56. The number of nitrogens with zero attached hydrogens (tertiary/aromatic N) is 3. The topological polar surface area (TPSA) is 95.1 Å². The molecule has 0 saturated carbocycles. The lowest BCUT2D eigenvalue weighted by Crippen LogP contribution is -2.29. The Morgan fingerprint density at radius 1 is 0.862 bits per heavy atom. The lowest BCUT2D eigenvalue weighted by Gasteiger charge is -2.19. The molecule has 156 valence electrons. The maximum Gasteiger partial charge on any atom is 0.258 e. The summed E-state index contributed by atoms with van der Waals surface area (Å²) in [5.41, 5.74) is 1.65. The smallest absolute Gasteiger partial charge is 0.258 e. The third kappa shape index (κ3) is 3.80. The SMILES string of the molecule is CN(C)S(=O)(=O)c1cccc(C(=O)N2CCc3cc(S(=O)(=O)N(C)C)ccc32)c1. The molecule has 1 aliphatic rings. The van der Waals surface area contributed by atoms with Crippen LogP contribution in [0.5, 0.6) is 0 Å². The number of fused-ring (bicyclic) bond motifs is 1. The van der Waals surface area contributed by atoms with Crippen molar-refractivity contribution in [1.29, 1.82) is 0 Å². The van der Waals surface area contributed by atoms with E-state index in [-0.39, 0.29) is 21.3 Å². The quantitative estimate of drug-likeness (QED) is 0.705. The zero-order valence-corrected chi connectivity index (χ0v) is 18.3. The van der Waals surface area contributed by atoms with Gasteiger partial charge in [-0.15, -0.1) is 0 Å². The Balaban J connectivity index is 1.95. The van der Waals surface area contributed by atoms with Crippen molar-refractivity contribution in [1.82, 2.24) is 8.61 Å². The molecule has 29 heavy (non-hydrogen) atoms. The van der Waals surface area contributed by atoms with E-state index in [1.165, 1.54) is 52.5 Å². The van der Waals surface area contributed by atoms with Crippen LogP contribution >= 0.6 is 0 Å². The molecule has 1 amide bonds. The molecule has 0 bridgehead atoms. The molecule has 2 aromatic carbocycles. The first kappa shape index (κ1) is 21.4. The van der Waals surface area contributed by atoms with E-state index in [2.05, 4.69) is 0 Å². The highest BCUT2D eigenvalue weighted by Gasteiger charge is 2.29. The molecule has 0 aliphatic carbocycles. The number of amides is 1. The van der Waals surface area contributed by atoms with Gasteiger partial charge < -0.3 is 4.90 Å². The molecule has 0 radical (unpaired) electrons. The van der Waals surface area contributed by atoms with E-state index in [0.29, 0.717) is 18.7 Å². The summed E-state index contributed by atoms with van der Waals surface area (Å²) in [6.07, 6.45) is 0.521. The minimum absolute atomic E-state index is 0.0418. The van der Waals surface area contributed by atoms with Gasteiger partial charge in [0.2, 0.25) is 20.0 Å². The fourth-order valence-corrected chi connectivity index (χ4v) is 5.02. The van der Waals surface area contributed by atoms with Gasteiger partial charge in [-0.3, -0.25) is 4.79 Å². The monoisotopic (exact) mass is 437 g/mol. The van der Waals surface area contributed by atoms with Crippen molar-refractivity contribution >= 4 is 31.6 Å². The van der Waals surface area contributed by atoms with E-state index in [1.807, 2.05) is 0 Å². The molecular weight excluding hydrogens is 414 g/mol. The maximum atomic E-state index is 13.0. The number of rotatable bonds is 5. The largest absolute Gasteiger partial charge is 0.308 e. The van der Waals surface area contributed by atoms with Gasteiger partial charge in [0.15, 0.2) is 0 Å². The molecule has 8 nitrogen and oxygen atoms in total. The molecule has 2 aromatic rings. The Labute approximate surface area is 171 Å². The van der Waals surface area contributed by atoms with Gasteiger partial charge in [0.25, 0.3) is 5.91 Å². The van der Waals surface area contributed by atoms with Crippen molar-refractivity contribution in [2.24, 2.45) is 0 Å². The average Bonchev–Trinajstić information content (AvgIpc) is 3.10. The summed E-state index contributed by atoms with van der Waals surface area (Å²) in [7, 11) is -1.42. The summed E-state index contributed by atoms with van der Waals surface area (Å²) in [5.74, 6) is -0.331. The molecule has 0 unspecified atom stereocenters. The molecule has 10 heteroatoms. The van der Waals surface area contributed by atoms with Gasteiger partial charge in [-0.05, 0) is 48.4 Å². The lowest BCUT2D eigenvalue weighted by atomic mass is 10.1. The Morgan fingerprint density at radius 3 is 2.03 bits per heavy atom. The summed E-state index contributed by atoms with van der Waals surface area (Å²) in [4.78, 5) is 14.8. The molecule has 0 fully saturated rings. The van der Waals surface area contributed by atoms with E-state index in [9.17, 15) is 21.6 Å². The fourth-order valence-electron chi connectivity index (χ4n) is 3.12. The first-order valence-corrected chi connectivity index (χ1v) is 11.7. The Hall–Kier alpha value is -2.27. The second kappa shape index (κ2) is 7.52. The van der Waals surface area contributed by atoms with Crippen molar-refractivity contribution in [2.45, 2.75) is 16.2 Å². The molecule has 0 N–H and O–H groups in total. The number of anilines is 1. The fraction of sp³-hybridized carbons (Fsp3) is 0.316. The predicted molar refractivity (Wildman–Crippen MR) is 110 cm³/mol. The maximum absolute atomic E-state index is 13.0. The highest BCUT2D eigenvalue weighted by atomic mass is 32.2. The molecule has 1 heterocycles. The molecule has 0 atom stereocenters. The minimum atomic E-state index is -3.66. The minimum Gasteiger partial charge on any atom is -0.308 e. The molecule has 3 rings (SSSR count). The van der Waals surface area contributed by atoms with Crippen molar-refractivity contribution in [3.8, 4) is 0 Å². The van der Waals surface area contributed by atoms with Crippen molar-refractivity contribution in [3.63, 3.8) is 0 Å². The van der Waals surface area contributed by atoms with Gasteiger partial charge in [0.1, 0.15) is 0 Å². The first-order valence-electron chi connectivity index (χ1n) is 8.86.